The van der Waals surface area contributed by atoms with E-state index in [0.29, 0.717) is 14.9 Å². The summed E-state index contributed by atoms with van der Waals surface area (Å²) in [6.45, 7) is 3.80. The lowest BCUT2D eigenvalue weighted by molar-refractivity contribution is -0.387. The molecule has 0 aromatic heterocycles. The van der Waals surface area contributed by atoms with E-state index >= 15 is 0 Å². The van der Waals surface area contributed by atoms with Gasteiger partial charge in [-0.25, -0.2) is 0 Å². The van der Waals surface area contributed by atoms with E-state index in [0.717, 1.165) is 23.1 Å². The van der Waals surface area contributed by atoms with Gasteiger partial charge in [0.2, 0.25) is 0 Å². The van der Waals surface area contributed by atoms with Crippen molar-refractivity contribution < 1.29 is 9.72 Å². The number of nitro benzene ring substituents is 1. The molecule has 1 amide bonds. The summed E-state index contributed by atoms with van der Waals surface area (Å²) in [5.41, 5.74) is 2.42. The molecular formula is C15H13BrN2O3S. The highest BCUT2D eigenvalue weighted by atomic mass is 79.9. The van der Waals surface area contributed by atoms with Gasteiger partial charge in [-0.1, -0.05) is 28.1 Å². The number of aryl methyl sites for hydroxylation is 1. The van der Waals surface area contributed by atoms with E-state index < -0.39 is 4.92 Å². The van der Waals surface area contributed by atoms with Gasteiger partial charge in [0.05, 0.1) is 4.92 Å². The molecule has 114 valence electrons. The van der Waals surface area contributed by atoms with Crippen LogP contribution in [0.25, 0.3) is 0 Å². The van der Waals surface area contributed by atoms with Crippen molar-refractivity contribution in [1.82, 2.24) is 4.72 Å². The van der Waals surface area contributed by atoms with E-state index in [-0.39, 0.29) is 11.6 Å². The molecule has 0 aliphatic carbocycles. The molecule has 0 atom stereocenters. The largest absolute Gasteiger partial charge is 0.292 e. The Labute approximate surface area is 140 Å². The number of nitro groups is 1. The van der Waals surface area contributed by atoms with Gasteiger partial charge in [0.15, 0.2) is 0 Å². The van der Waals surface area contributed by atoms with Crippen LogP contribution >= 0.6 is 27.9 Å². The van der Waals surface area contributed by atoms with Gasteiger partial charge in [0.25, 0.3) is 11.6 Å². The summed E-state index contributed by atoms with van der Waals surface area (Å²) < 4.78 is 3.27. The first kappa shape index (κ1) is 16.5. The highest BCUT2D eigenvalue weighted by Gasteiger charge is 2.17. The van der Waals surface area contributed by atoms with Gasteiger partial charge in [-0.15, -0.1) is 0 Å². The van der Waals surface area contributed by atoms with E-state index in [2.05, 4.69) is 20.7 Å². The molecule has 0 aliphatic rings. The van der Waals surface area contributed by atoms with E-state index in [4.69, 9.17) is 0 Å². The molecule has 0 saturated heterocycles. The van der Waals surface area contributed by atoms with E-state index in [9.17, 15) is 14.9 Å². The number of amides is 1. The van der Waals surface area contributed by atoms with E-state index in [1.807, 2.05) is 26.0 Å². The first-order valence-electron chi connectivity index (χ1n) is 6.37. The molecule has 1 N–H and O–H groups in total. The molecular weight excluding hydrogens is 368 g/mol. The average Bonchev–Trinajstić information content (AvgIpc) is 2.48. The minimum atomic E-state index is -0.475. The Kier molecular flexibility index (Phi) is 5.20. The molecule has 0 radical (unpaired) electrons. The normalized spacial score (nSPS) is 10.3. The second-order valence-corrected chi connectivity index (χ2v) is 6.41. The Morgan fingerprint density at radius 2 is 2.00 bits per heavy atom. The Bertz CT molecular complexity index is 750. The van der Waals surface area contributed by atoms with Crippen LogP contribution in [-0.4, -0.2) is 10.8 Å². The number of nitrogens with one attached hydrogen (secondary N) is 1. The Morgan fingerprint density at radius 3 is 2.68 bits per heavy atom. The van der Waals surface area contributed by atoms with E-state index in [1.165, 1.54) is 6.07 Å². The molecule has 0 unspecified atom stereocenters. The number of hydrogen-bond donors (Lipinski definition) is 1. The Balaban J connectivity index is 2.18. The van der Waals surface area contributed by atoms with Gasteiger partial charge >= 0.3 is 0 Å². The van der Waals surface area contributed by atoms with Crippen LogP contribution in [0.1, 0.15) is 21.5 Å². The number of carbonyl (C=O) groups is 1. The number of halogens is 1. The molecule has 0 bridgehead atoms. The maximum absolute atomic E-state index is 12.2. The minimum absolute atomic E-state index is 0.0550. The summed E-state index contributed by atoms with van der Waals surface area (Å²) >= 11 is 4.14. The molecule has 0 spiro atoms. The molecule has 2 aromatic carbocycles. The first-order chi connectivity index (χ1) is 10.4. The molecule has 22 heavy (non-hydrogen) atoms. The van der Waals surface area contributed by atoms with Crippen LogP contribution in [-0.2, 0) is 0 Å². The predicted molar refractivity (Wildman–Crippen MR) is 90.0 cm³/mol. The quantitative estimate of drug-likeness (QED) is 0.484. The predicted octanol–water partition coefficient (Wildman–Crippen LogP) is 4.41. The van der Waals surface area contributed by atoms with Gasteiger partial charge in [-0.3, -0.25) is 19.6 Å². The third-order valence-electron chi connectivity index (χ3n) is 3.22. The van der Waals surface area contributed by atoms with Gasteiger partial charge in [-0.2, -0.15) is 0 Å². The highest BCUT2D eigenvalue weighted by molar-refractivity contribution is 9.10. The summed E-state index contributed by atoms with van der Waals surface area (Å²) in [5.74, 6) is -0.275. The monoisotopic (exact) mass is 380 g/mol. The summed E-state index contributed by atoms with van der Waals surface area (Å²) in [5, 5.41) is 11.0. The average molecular weight is 381 g/mol. The lowest BCUT2D eigenvalue weighted by atomic mass is 10.0. The number of nitrogens with zero attached hydrogens (tertiary/aromatic N) is 1. The van der Waals surface area contributed by atoms with Crippen LogP contribution in [0.5, 0.6) is 0 Å². The van der Waals surface area contributed by atoms with E-state index in [1.54, 1.807) is 18.2 Å². The lowest BCUT2D eigenvalue weighted by Crippen LogP contribution is -2.17. The Morgan fingerprint density at radius 1 is 1.27 bits per heavy atom. The Hall–Kier alpha value is -1.86. The highest BCUT2D eigenvalue weighted by Crippen LogP contribution is 2.30. The molecule has 0 aliphatic heterocycles. The zero-order valence-corrected chi connectivity index (χ0v) is 14.3. The number of rotatable bonds is 4. The van der Waals surface area contributed by atoms with Crippen molar-refractivity contribution >= 4 is 39.5 Å². The fourth-order valence-electron chi connectivity index (χ4n) is 1.87. The fraction of sp³-hybridized carbons (Fsp3) is 0.133. The molecule has 5 nitrogen and oxygen atoms in total. The standard InChI is InChI=1S/C15H13BrN2O3S/c1-9-4-3-5-12(10(9)2)15(19)17-22-14-7-6-11(16)8-13(14)18(20)21/h3-8H,1-2H3,(H,17,19). The number of hydrogen-bond acceptors (Lipinski definition) is 4. The van der Waals surface area contributed by atoms with Gasteiger partial charge in [0, 0.05) is 16.1 Å². The van der Waals surface area contributed by atoms with Gasteiger partial charge in [0.1, 0.15) is 4.90 Å². The smallest absolute Gasteiger partial charge is 0.285 e. The van der Waals surface area contributed by atoms with Crippen LogP contribution in [0.2, 0.25) is 0 Å². The van der Waals surface area contributed by atoms with Crippen LogP contribution in [0.3, 0.4) is 0 Å². The molecule has 2 aromatic rings. The van der Waals surface area contributed by atoms with Crippen molar-refractivity contribution in [2.45, 2.75) is 18.7 Å². The van der Waals surface area contributed by atoms with Crippen LogP contribution in [0, 0.1) is 24.0 Å². The zero-order valence-electron chi connectivity index (χ0n) is 11.9. The minimum Gasteiger partial charge on any atom is -0.292 e. The zero-order chi connectivity index (χ0) is 16.3. The van der Waals surface area contributed by atoms with Crippen molar-refractivity contribution in [3.63, 3.8) is 0 Å². The van der Waals surface area contributed by atoms with Crippen LogP contribution < -0.4 is 4.72 Å². The molecule has 2 rings (SSSR count). The lowest BCUT2D eigenvalue weighted by Gasteiger charge is -2.09. The maximum Gasteiger partial charge on any atom is 0.285 e. The summed E-state index contributed by atoms with van der Waals surface area (Å²) in [6.07, 6.45) is 0. The SMILES string of the molecule is Cc1cccc(C(=O)NSc2ccc(Br)cc2[N+](=O)[O-])c1C. The second kappa shape index (κ2) is 6.93. The molecule has 0 heterocycles. The van der Waals surface area contributed by atoms with Crippen LogP contribution in [0.4, 0.5) is 5.69 Å². The molecule has 0 saturated carbocycles. The van der Waals surface area contributed by atoms with Crippen LogP contribution in [0.15, 0.2) is 45.8 Å². The van der Waals surface area contributed by atoms with Crippen molar-refractivity contribution in [3.05, 3.63) is 67.7 Å². The molecule has 0 fully saturated rings. The van der Waals surface area contributed by atoms with Crippen molar-refractivity contribution in [2.24, 2.45) is 0 Å². The number of benzene rings is 2. The van der Waals surface area contributed by atoms with Crippen molar-refractivity contribution in [2.75, 3.05) is 0 Å². The summed E-state index contributed by atoms with van der Waals surface area (Å²) in [6, 6.07) is 10.2. The number of carbonyl (C=O) groups excluding carboxylic acids is 1. The third-order valence-corrected chi connectivity index (χ3v) is 4.57. The summed E-state index contributed by atoms with van der Waals surface area (Å²) in [7, 11) is 0. The van der Waals surface area contributed by atoms with Crippen molar-refractivity contribution in [3.8, 4) is 0 Å². The third kappa shape index (κ3) is 3.66. The van der Waals surface area contributed by atoms with Gasteiger partial charge in [-0.05, 0) is 55.1 Å². The second-order valence-electron chi connectivity index (χ2n) is 4.65. The summed E-state index contributed by atoms with van der Waals surface area (Å²) in [4.78, 5) is 23.2. The topological polar surface area (TPSA) is 72.2 Å². The maximum atomic E-state index is 12.2. The molecule has 7 heteroatoms. The van der Waals surface area contributed by atoms with Gasteiger partial charge < -0.3 is 0 Å². The first-order valence-corrected chi connectivity index (χ1v) is 7.98. The van der Waals surface area contributed by atoms with Crippen molar-refractivity contribution in [1.29, 1.82) is 0 Å². The fourth-order valence-corrected chi connectivity index (χ4v) is 2.91.